The Labute approximate surface area is 158 Å². The van der Waals surface area contributed by atoms with Gasteiger partial charge in [0.1, 0.15) is 0 Å². The molecule has 5 heteroatoms. The molecule has 26 heavy (non-hydrogen) atoms. The summed E-state index contributed by atoms with van der Waals surface area (Å²) >= 11 is 0. The first kappa shape index (κ1) is 19.3. The second kappa shape index (κ2) is 10.0. The van der Waals surface area contributed by atoms with Gasteiger partial charge in [-0.05, 0) is 50.8 Å². The van der Waals surface area contributed by atoms with Gasteiger partial charge in [0.25, 0.3) is 0 Å². The van der Waals surface area contributed by atoms with Crippen LogP contribution in [0.1, 0.15) is 31.2 Å². The average Bonchev–Trinajstić information content (AvgIpc) is 2.69. The van der Waals surface area contributed by atoms with Crippen molar-refractivity contribution in [3.8, 4) is 0 Å². The number of amides is 1. The van der Waals surface area contributed by atoms with Crippen molar-refractivity contribution in [2.75, 3.05) is 46.3 Å². The number of piperidine rings is 2. The number of carbonyl (C=O) groups excluding carboxylic acids is 1. The molecule has 0 bridgehead atoms. The molecule has 3 rings (SSSR count). The first-order valence-electron chi connectivity index (χ1n) is 10.2. The van der Waals surface area contributed by atoms with Gasteiger partial charge in [-0.2, -0.15) is 0 Å². The van der Waals surface area contributed by atoms with E-state index < -0.39 is 0 Å². The van der Waals surface area contributed by atoms with Gasteiger partial charge >= 0.3 is 0 Å². The minimum atomic E-state index is 0.124. The van der Waals surface area contributed by atoms with E-state index in [0.29, 0.717) is 18.6 Å². The predicted molar refractivity (Wildman–Crippen MR) is 106 cm³/mol. The van der Waals surface area contributed by atoms with Crippen molar-refractivity contribution in [2.45, 2.75) is 44.2 Å². The molecule has 0 saturated carbocycles. The van der Waals surface area contributed by atoms with Crippen LogP contribution in [0, 0.1) is 0 Å². The molecule has 0 aliphatic carbocycles. The van der Waals surface area contributed by atoms with E-state index in [4.69, 9.17) is 0 Å². The summed E-state index contributed by atoms with van der Waals surface area (Å²) in [7, 11) is 1.71. The summed E-state index contributed by atoms with van der Waals surface area (Å²) in [6.45, 7) is 6.19. The van der Waals surface area contributed by atoms with Crippen LogP contribution in [0.2, 0.25) is 0 Å². The number of hydrogen-bond donors (Lipinski definition) is 2. The van der Waals surface area contributed by atoms with Gasteiger partial charge in [-0.15, -0.1) is 0 Å². The van der Waals surface area contributed by atoms with Crippen LogP contribution in [0.5, 0.6) is 0 Å². The van der Waals surface area contributed by atoms with E-state index in [2.05, 4.69) is 50.8 Å². The van der Waals surface area contributed by atoms with Crippen molar-refractivity contribution in [3.05, 3.63) is 35.9 Å². The highest BCUT2D eigenvalue weighted by Crippen LogP contribution is 2.16. The molecule has 0 spiro atoms. The third kappa shape index (κ3) is 6.08. The minimum absolute atomic E-state index is 0.124. The average molecular weight is 359 g/mol. The second-order valence-electron chi connectivity index (χ2n) is 7.74. The molecular formula is C21H34N4O. The predicted octanol–water partition coefficient (Wildman–Crippen LogP) is 1.49. The summed E-state index contributed by atoms with van der Waals surface area (Å²) in [6, 6.07) is 12.1. The van der Waals surface area contributed by atoms with Gasteiger partial charge in [0.15, 0.2) is 0 Å². The molecule has 2 aliphatic rings. The summed E-state index contributed by atoms with van der Waals surface area (Å²) in [5, 5.41) is 6.60. The van der Waals surface area contributed by atoms with Crippen LogP contribution in [-0.4, -0.2) is 74.1 Å². The third-order valence-corrected chi connectivity index (χ3v) is 5.85. The van der Waals surface area contributed by atoms with Gasteiger partial charge in [-0.3, -0.25) is 9.69 Å². The summed E-state index contributed by atoms with van der Waals surface area (Å²) in [4.78, 5) is 16.4. The van der Waals surface area contributed by atoms with E-state index in [1.807, 2.05) is 0 Å². The highest BCUT2D eigenvalue weighted by molar-refractivity contribution is 5.77. The lowest BCUT2D eigenvalue weighted by Crippen LogP contribution is -2.51. The SMILES string of the molecule is CNC(=O)CN1CCC(NC2CCN(CCc3ccccc3)CC2)CC1. The van der Waals surface area contributed by atoms with Crippen LogP contribution >= 0.6 is 0 Å². The Bertz CT molecular complexity index is 534. The molecule has 0 radical (unpaired) electrons. The molecule has 2 aliphatic heterocycles. The van der Waals surface area contributed by atoms with Crippen molar-refractivity contribution in [2.24, 2.45) is 0 Å². The van der Waals surface area contributed by atoms with Crippen molar-refractivity contribution in [3.63, 3.8) is 0 Å². The van der Waals surface area contributed by atoms with Crippen molar-refractivity contribution >= 4 is 5.91 Å². The Kier molecular flexibility index (Phi) is 7.47. The first-order valence-corrected chi connectivity index (χ1v) is 10.2. The van der Waals surface area contributed by atoms with Gasteiger partial charge in [0.2, 0.25) is 5.91 Å². The maximum atomic E-state index is 11.5. The number of nitrogens with one attached hydrogen (secondary N) is 2. The van der Waals surface area contributed by atoms with Crippen molar-refractivity contribution in [1.82, 2.24) is 20.4 Å². The molecule has 1 aromatic carbocycles. The van der Waals surface area contributed by atoms with E-state index in [0.717, 1.165) is 32.4 Å². The molecule has 0 aromatic heterocycles. The molecule has 2 fully saturated rings. The number of carbonyl (C=O) groups is 1. The lowest BCUT2D eigenvalue weighted by atomic mass is 9.99. The summed E-state index contributed by atoms with van der Waals surface area (Å²) in [5.41, 5.74) is 1.44. The smallest absolute Gasteiger partial charge is 0.233 e. The third-order valence-electron chi connectivity index (χ3n) is 5.85. The Balaban J connectivity index is 1.30. The van der Waals surface area contributed by atoms with Crippen LogP contribution in [0.4, 0.5) is 0 Å². The Morgan fingerprint density at radius 3 is 2.12 bits per heavy atom. The largest absolute Gasteiger partial charge is 0.358 e. The monoisotopic (exact) mass is 358 g/mol. The van der Waals surface area contributed by atoms with Crippen molar-refractivity contribution < 1.29 is 4.79 Å². The van der Waals surface area contributed by atoms with Crippen LogP contribution in [-0.2, 0) is 11.2 Å². The van der Waals surface area contributed by atoms with Gasteiger partial charge in [0.05, 0.1) is 6.54 Å². The Morgan fingerprint density at radius 1 is 0.962 bits per heavy atom. The molecule has 144 valence electrons. The Morgan fingerprint density at radius 2 is 1.54 bits per heavy atom. The quantitative estimate of drug-likeness (QED) is 0.775. The highest BCUT2D eigenvalue weighted by atomic mass is 16.1. The van der Waals surface area contributed by atoms with Gasteiger partial charge in [-0.25, -0.2) is 0 Å². The second-order valence-corrected chi connectivity index (χ2v) is 7.74. The maximum Gasteiger partial charge on any atom is 0.233 e. The first-order chi connectivity index (χ1) is 12.7. The molecule has 0 atom stereocenters. The zero-order chi connectivity index (χ0) is 18.2. The molecule has 5 nitrogen and oxygen atoms in total. The minimum Gasteiger partial charge on any atom is -0.358 e. The standard InChI is InChI=1S/C21H34N4O/c1-22-21(26)17-25-15-10-20(11-16-25)23-19-8-13-24(14-9-19)12-7-18-5-3-2-4-6-18/h2-6,19-20,23H,7-17H2,1H3,(H,22,26). The van der Waals surface area contributed by atoms with Gasteiger partial charge in [-0.1, -0.05) is 30.3 Å². The molecular weight excluding hydrogens is 324 g/mol. The number of benzene rings is 1. The zero-order valence-electron chi connectivity index (χ0n) is 16.1. The van der Waals surface area contributed by atoms with Gasteiger partial charge in [0, 0.05) is 38.8 Å². The van der Waals surface area contributed by atoms with Crippen LogP contribution < -0.4 is 10.6 Å². The van der Waals surface area contributed by atoms with Crippen molar-refractivity contribution in [1.29, 1.82) is 0 Å². The van der Waals surface area contributed by atoms with Crippen LogP contribution in [0.3, 0.4) is 0 Å². The lowest BCUT2D eigenvalue weighted by molar-refractivity contribution is -0.122. The molecule has 2 heterocycles. The fourth-order valence-corrected chi connectivity index (χ4v) is 4.13. The van der Waals surface area contributed by atoms with E-state index >= 15 is 0 Å². The van der Waals surface area contributed by atoms with E-state index in [-0.39, 0.29) is 5.91 Å². The van der Waals surface area contributed by atoms with E-state index in [9.17, 15) is 4.79 Å². The fourth-order valence-electron chi connectivity index (χ4n) is 4.13. The Hall–Kier alpha value is -1.43. The fraction of sp³-hybridized carbons (Fsp3) is 0.667. The molecule has 2 N–H and O–H groups in total. The number of likely N-dealkylation sites (N-methyl/N-ethyl adjacent to an activating group) is 1. The summed E-state index contributed by atoms with van der Waals surface area (Å²) < 4.78 is 0. The van der Waals surface area contributed by atoms with Gasteiger partial charge < -0.3 is 15.5 Å². The highest BCUT2D eigenvalue weighted by Gasteiger charge is 2.25. The summed E-state index contributed by atoms with van der Waals surface area (Å²) in [6.07, 6.45) is 5.99. The lowest BCUT2D eigenvalue weighted by Gasteiger charge is -2.37. The zero-order valence-corrected chi connectivity index (χ0v) is 16.1. The number of nitrogens with zero attached hydrogens (tertiary/aromatic N) is 2. The molecule has 2 saturated heterocycles. The van der Waals surface area contributed by atoms with Crippen LogP contribution in [0.15, 0.2) is 30.3 Å². The molecule has 1 aromatic rings. The number of likely N-dealkylation sites (tertiary alicyclic amines) is 2. The van der Waals surface area contributed by atoms with E-state index in [1.54, 1.807) is 7.05 Å². The maximum absolute atomic E-state index is 11.5. The summed E-state index contributed by atoms with van der Waals surface area (Å²) in [5.74, 6) is 0.124. The molecule has 0 unspecified atom stereocenters. The number of hydrogen-bond acceptors (Lipinski definition) is 4. The van der Waals surface area contributed by atoms with Crippen LogP contribution in [0.25, 0.3) is 0 Å². The number of rotatable bonds is 7. The van der Waals surface area contributed by atoms with E-state index in [1.165, 1.54) is 38.0 Å². The molecule has 1 amide bonds. The normalized spacial score (nSPS) is 21.0. The topological polar surface area (TPSA) is 47.6 Å².